The van der Waals surface area contributed by atoms with E-state index in [0.717, 1.165) is 10.0 Å². The summed E-state index contributed by atoms with van der Waals surface area (Å²) < 4.78 is 14.8. The lowest BCUT2D eigenvalue weighted by atomic mass is 9.93. The lowest BCUT2D eigenvalue weighted by molar-refractivity contribution is 0.352. The Hall–Kier alpha value is -0.0600. The van der Waals surface area contributed by atoms with Crippen LogP contribution in [0.15, 0.2) is 22.7 Å². The Kier molecular flexibility index (Phi) is 5.72. The lowest BCUT2D eigenvalue weighted by Gasteiger charge is -2.33. The fourth-order valence-electron chi connectivity index (χ4n) is 2.83. The summed E-state index contributed by atoms with van der Waals surface area (Å²) in [5.41, 5.74) is 0.750. The van der Waals surface area contributed by atoms with E-state index in [-0.39, 0.29) is 11.9 Å². The molecule has 0 aromatic heterocycles. The van der Waals surface area contributed by atoms with Crippen molar-refractivity contribution < 1.29 is 4.39 Å². The molecule has 3 unspecified atom stereocenters. The molecule has 1 nitrogen and oxygen atoms in total. The number of halogens is 2. The maximum absolute atomic E-state index is 13.9. The van der Waals surface area contributed by atoms with Crippen molar-refractivity contribution in [2.24, 2.45) is 0 Å². The van der Waals surface area contributed by atoms with Gasteiger partial charge in [0.15, 0.2) is 0 Å². The molecule has 4 heteroatoms. The number of hydrogen-bond acceptors (Lipinski definition) is 2. The zero-order valence-electron chi connectivity index (χ0n) is 11.5. The highest BCUT2D eigenvalue weighted by atomic mass is 79.9. The molecule has 1 N–H and O–H groups in total. The van der Waals surface area contributed by atoms with Gasteiger partial charge in [-0.1, -0.05) is 28.8 Å². The number of hydrogen-bond donors (Lipinski definition) is 1. The molecule has 0 radical (unpaired) electrons. The van der Waals surface area contributed by atoms with Crippen LogP contribution in [0.4, 0.5) is 4.39 Å². The van der Waals surface area contributed by atoms with Crippen molar-refractivity contribution in [3.63, 3.8) is 0 Å². The summed E-state index contributed by atoms with van der Waals surface area (Å²) >= 11 is 5.35. The molecule has 19 heavy (non-hydrogen) atoms. The topological polar surface area (TPSA) is 12.0 Å². The highest BCUT2D eigenvalue weighted by molar-refractivity contribution is 9.10. The number of nitrogens with one attached hydrogen (secondary N) is 1. The van der Waals surface area contributed by atoms with Crippen LogP contribution in [0.25, 0.3) is 0 Å². The average Bonchev–Trinajstić information content (AvgIpc) is 2.42. The second kappa shape index (κ2) is 7.09. The first kappa shape index (κ1) is 15.3. The lowest BCUT2D eigenvalue weighted by Crippen LogP contribution is -2.41. The molecule has 0 spiro atoms. The molecule has 0 saturated heterocycles. The number of rotatable bonds is 4. The largest absolute Gasteiger partial charge is 0.306 e. The normalized spacial score (nSPS) is 25.3. The molecule has 0 bridgehead atoms. The fourth-order valence-corrected chi connectivity index (χ4v) is 4.15. The summed E-state index contributed by atoms with van der Waals surface area (Å²) in [6, 6.07) is 5.71. The van der Waals surface area contributed by atoms with E-state index in [2.05, 4.69) is 34.4 Å². The predicted octanol–water partition coefficient (Wildman–Crippen LogP) is 4.91. The van der Waals surface area contributed by atoms with Crippen LogP contribution < -0.4 is 5.32 Å². The minimum Gasteiger partial charge on any atom is -0.306 e. The van der Waals surface area contributed by atoms with E-state index in [1.807, 2.05) is 17.8 Å². The molecule has 0 amide bonds. The van der Waals surface area contributed by atoms with Crippen molar-refractivity contribution in [2.75, 3.05) is 6.26 Å². The van der Waals surface area contributed by atoms with Crippen molar-refractivity contribution in [1.82, 2.24) is 5.32 Å². The molecule has 1 saturated carbocycles. The maximum atomic E-state index is 13.9. The second-order valence-corrected chi connectivity index (χ2v) is 7.21. The zero-order chi connectivity index (χ0) is 13.8. The molecule has 1 aliphatic carbocycles. The van der Waals surface area contributed by atoms with Gasteiger partial charge in [0.25, 0.3) is 0 Å². The third-order valence-corrected chi connectivity index (χ3v) is 5.56. The summed E-state index contributed by atoms with van der Waals surface area (Å²) in [4.78, 5) is 0. The molecular formula is C15H21BrFNS. The van der Waals surface area contributed by atoms with Crippen LogP contribution in [0.2, 0.25) is 0 Å². The number of thioether (sulfide) groups is 1. The van der Waals surface area contributed by atoms with Gasteiger partial charge in [-0.25, -0.2) is 4.39 Å². The van der Waals surface area contributed by atoms with Crippen LogP contribution in [-0.4, -0.2) is 17.5 Å². The van der Waals surface area contributed by atoms with E-state index < -0.39 is 0 Å². The van der Waals surface area contributed by atoms with Gasteiger partial charge in [0.1, 0.15) is 5.82 Å². The fraction of sp³-hybridized carbons (Fsp3) is 0.600. The van der Waals surface area contributed by atoms with Gasteiger partial charge < -0.3 is 5.32 Å². The molecule has 1 aromatic rings. The van der Waals surface area contributed by atoms with Crippen LogP contribution in [0.5, 0.6) is 0 Å². The highest BCUT2D eigenvalue weighted by Crippen LogP contribution is 2.30. The summed E-state index contributed by atoms with van der Waals surface area (Å²) in [6.07, 6.45) is 7.25. The molecular weight excluding hydrogens is 325 g/mol. The predicted molar refractivity (Wildman–Crippen MR) is 85.2 cm³/mol. The van der Waals surface area contributed by atoms with Gasteiger partial charge in [-0.15, -0.1) is 0 Å². The Morgan fingerprint density at radius 3 is 2.84 bits per heavy atom. The molecule has 3 atom stereocenters. The van der Waals surface area contributed by atoms with Crippen LogP contribution in [0.1, 0.15) is 44.2 Å². The molecule has 106 valence electrons. The van der Waals surface area contributed by atoms with Gasteiger partial charge in [-0.2, -0.15) is 11.8 Å². The Labute approximate surface area is 127 Å². The van der Waals surface area contributed by atoms with E-state index in [4.69, 9.17) is 0 Å². The summed E-state index contributed by atoms with van der Waals surface area (Å²) in [5.74, 6) is -0.125. The monoisotopic (exact) mass is 345 g/mol. The van der Waals surface area contributed by atoms with Gasteiger partial charge in [0, 0.05) is 27.4 Å². The van der Waals surface area contributed by atoms with Gasteiger partial charge in [-0.3, -0.25) is 0 Å². The third kappa shape index (κ3) is 3.96. The molecule has 1 fully saturated rings. The third-order valence-electron chi connectivity index (χ3n) is 3.89. The highest BCUT2D eigenvalue weighted by Gasteiger charge is 2.26. The smallest absolute Gasteiger partial charge is 0.128 e. The van der Waals surface area contributed by atoms with E-state index in [1.54, 1.807) is 6.07 Å². The molecule has 1 aromatic carbocycles. The molecule has 0 aliphatic heterocycles. The Bertz CT molecular complexity index is 427. The molecule has 2 rings (SSSR count). The minimum atomic E-state index is -0.125. The Morgan fingerprint density at radius 2 is 2.11 bits per heavy atom. The second-order valence-electron chi connectivity index (χ2n) is 5.22. The maximum Gasteiger partial charge on any atom is 0.128 e. The quantitative estimate of drug-likeness (QED) is 0.831. The van der Waals surface area contributed by atoms with Crippen molar-refractivity contribution in [1.29, 1.82) is 0 Å². The van der Waals surface area contributed by atoms with Crippen molar-refractivity contribution in [3.8, 4) is 0 Å². The van der Waals surface area contributed by atoms with Gasteiger partial charge in [-0.05, 0) is 44.2 Å². The van der Waals surface area contributed by atoms with E-state index in [0.29, 0.717) is 11.3 Å². The zero-order valence-corrected chi connectivity index (χ0v) is 13.9. The standard InChI is InChI=1S/C15H21BrFNS/c1-10(12-9-11(16)7-8-13(12)17)18-14-5-3-4-6-15(14)19-2/h7-10,14-15,18H,3-6H2,1-2H3. The van der Waals surface area contributed by atoms with E-state index >= 15 is 0 Å². The van der Waals surface area contributed by atoms with Crippen LogP contribution in [-0.2, 0) is 0 Å². The summed E-state index contributed by atoms with van der Waals surface area (Å²) in [5, 5.41) is 4.28. The SMILES string of the molecule is CSC1CCCCC1NC(C)c1cc(Br)ccc1F. The first-order valence-corrected chi connectivity index (χ1v) is 8.93. The van der Waals surface area contributed by atoms with Gasteiger partial charge in [0.2, 0.25) is 0 Å². The first-order chi connectivity index (χ1) is 9.11. The van der Waals surface area contributed by atoms with Gasteiger partial charge >= 0.3 is 0 Å². The summed E-state index contributed by atoms with van der Waals surface area (Å²) in [6.45, 7) is 2.05. The van der Waals surface area contributed by atoms with E-state index in [9.17, 15) is 4.39 Å². The molecule has 0 heterocycles. The van der Waals surface area contributed by atoms with Crippen molar-refractivity contribution >= 4 is 27.7 Å². The average molecular weight is 346 g/mol. The molecule has 1 aliphatic rings. The van der Waals surface area contributed by atoms with Crippen LogP contribution >= 0.6 is 27.7 Å². The number of benzene rings is 1. The summed E-state index contributed by atoms with van der Waals surface area (Å²) in [7, 11) is 0. The van der Waals surface area contributed by atoms with E-state index in [1.165, 1.54) is 31.7 Å². The van der Waals surface area contributed by atoms with Gasteiger partial charge in [0.05, 0.1) is 0 Å². The first-order valence-electron chi connectivity index (χ1n) is 6.85. The van der Waals surface area contributed by atoms with Crippen LogP contribution in [0.3, 0.4) is 0 Å². The van der Waals surface area contributed by atoms with Crippen LogP contribution in [0, 0.1) is 5.82 Å². The van der Waals surface area contributed by atoms with Crippen molar-refractivity contribution in [3.05, 3.63) is 34.1 Å². The Morgan fingerprint density at radius 1 is 1.37 bits per heavy atom. The van der Waals surface area contributed by atoms with Crippen molar-refractivity contribution in [2.45, 2.75) is 49.9 Å². The Balaban J connectivity index is 2.07. The minimum absolute atomic E-state index is 0.0512.